The van der Waals surface area contributed by atoms with E-state index in [0.29, 0.717) is 0 Å². The van der Waals surface area contributed by atoms with E-state index >= 15 is 0 Å². The minimum Gasteiger partial charge on any atom is -0.313 e. The quantitative estimate of drug-likeness (QED) is 0.866. The molecule has 3 aliphatic rings. The maximum Gasteiger partial charge on any atom is 0.0130 e. The minimum absolute atomic E-state index is 0.791. The first-order valence-corrected chi connectivity index (χ1v) is 9.20. The molecule has 21 heavy (non-hydrogen) atoms. The molecule has 1 N–H and O–H groups in total. The molecule has 2 fully saturated rings. The van der Waals surface area contributed by atoms with Crippen molar-refractivity contribution in [2.24, 2.45) is 17.8 Å². The molecule has 0 radical (unpaired) electrons. The largest absolute Gasteiger partial charge is 0.313 e. The zero-order chi connectivity index (χ0) is 14.1. The summed E-state index contributed by atoms with van der Waals surface area (Å²) in [5, 5.41) is 3.99. The van der Waals surface area contributed by atoms with Gasteiger partial charge in [-0.05, 0) is 67.5 Å². The molecule has 0 saturated heterocycles. The Morgan fingerprint density at radius 1 is 0.857 bits per heavy atom. The van der Waals surface area contributed by atoms with Crippen LogP contribution in [0.25, 0.3) is 0 Å². The maximum atomic E-state index is 3.99. The van der Waals surface area contributed by atoms with Gasteiger partial charge in [-0.2, -0.15) is 0 Å². The van der Waals surface area contributed by atoms with Gasteiger partial charge in [0.25, 0.3) is 0 Å². The molecule has 1 nitrogen and oxygen atoms in total. The van der Waals surface area contributed by atoms with Crippen LogP contribution in [0.5, 0.6) is 0 Å². The van der Waals surface area contributed by atoms with Crippen LogP contribution in [0.15, 0.2) is 24.3 Å². The number of hydrogen-bond acceptors (Lipinski definition) is 1. The van der Waals surface area contributed by atoms with Gasteiger partial charge in [0.05, 0.1) is 0 Å². The van der Waals surface area contributed by atoms with Crippen molar-refractivity contribution in [2.45, 2.75) is 63.8 Å². The molecule has 0 aromatic heterocycles. The third-order valence-corrected chi connectivity index (χ3v) is 6.41. The van der Waals surface area contributed by atoms with Crippen molar-refractivity contribution in [1.29, 1.82) is 0 Å². The van der Waals surface area contributed by atoms with Crippen molar-refractivity contribution >= 4 is 0 Å². The monoisotopic (exact) mass is 283 g/mol. The summed E-state index contributed by atoms with van der Waals surface area (Å²) < 4.78 is 0. The molecule has 2 unspecified atom stereocenters. The van der Waals surface area contributed by atoms with Gasteiger partial charge in [-0.3, -0.25) is 0 Å². The van der Waals surface area contributed by atoms with Crippen LogP contribution in [0.3, 0.4) is 0 Å². The normalized spacial score (nSPS) is 32.1. The lowest BCUT2D eigenvalue weighted by atomic mass is 9.94. The highest BCUT2D eigenvalue weighted by atomic mass is 14.9. The van der Waals surface area contributed by atoms with Crippen molar-refractivity contribution < 1.29 is 0 Å². The molecule has 2 bridgehead atoms. The zero-order valence-electron chi connectivity index (χ0n) is 13.2. The molecule has 0 heterocycles. The van der Waals surface area contributed by atoms with Crippen molar-refractivity contribution in [3.63, 3.8) is 0 Å². The van der Waals surface area contributed by atoms with E-state index in [-0.39, 0.29) is 0 Å². The van der Waals surface area contributed by atoms with Gasteiger partial charge >= 0.3 is 0 Å². The Bertz CT molecular complexity index is 441. The molecule has 2 saturated carbocycles. The predicted molar refractivity (Wildman–Crippen MR) is 88.4 cm³/mol. The third-order valence-electron chi connectivity index (χ3n) is 6.41. The number of rotatable bonds is 4. The first kappa shape index (κ1) is 13.8. The van der Waals surface area contributed by atoms with E-state index < -0.39 is 0 Å². The fourth-order valence-electron chi connectivity index (χ4n) is 5.24. The second-order valence-corrected chi connectivity index (χ2v) is 7.69. The van der Waals surface area contributed by atoms with Gasteiger partial charge in [0.2, 0.25) is 0 Å². The van der Waals surface area contributed by atoms with Crippen LogP contribution < -0.4 is 5.32 Å². The lowest BCUT2D eigenvalue weighted by Crippen LogP contribution is -2.39. The highest BCUT2D eigenvalue weighted by Crippen LogP contribution is 2.40. The van der Waals surface area contributed by atoms with E-state index in [1.165, 1.54) is 64.3 Å². The molecule has 0 amide bonds. The van der Waals surface area contributed by atoms with E-state index in [0.717, 1.165) is 23.8 Å². The number of hydrogen-bond donors (Lipinski definition) is 1. The van der Waals surface area contributed by atoms with Gasteiger partial charge in [-0.1, -0.05) is 49.9 Å². The van der Waals surface area contributed by atoms with Crippen LogP contribution in [0.2, 0.25) is 0 Å². The van der Waals surface area contributed by atoms with Gasteiger partial charge in [0.15, 0.2) is 0 Å². The first-order valence-electron chi connectivity index (χ1n) is 9.20. The van der Waals surface area contributed by atoms with Crippen molar-refractivity contribution in [1.82, 2.24) is 5.32 Å². The molecule has 114 valence electrons. The average Bonchev–Trinajstić information content (AvgIpc) is 3.08. The number of nitrogens with one attached hydrogen (secondary N) is 1. The van der Waals surface area contributed by atoms with Gasteiger partial charge in [0.1, 0.15) is 0 Å². The van der Waals surface area contributed by atoms with Crippen LogP contribution >= 0.6 is 0 Å². The lowest BCUT2D eigenvalue weighted by molar-refractivity contribution is 0.329. The summed E-state index contributed by atoms with van der Waals surface area (Å²) in [6.45, 7) is 1.26. The van der Waals surface area contributed by atoms with Crippen molar-refractivity contribution in [3.8, 4) is 0 Å². The molecular formula is C20H29N. The summed E-state index contributed by atoms with van der Waals surface area (Å²) >= 11 is 0. The smallest absolute Gasteiger partial charge is 0.0130 e. The van der Waals surface area contributed by atoms with E-state index in [9.17, 15) is 0 Å². The lowest BCUT2D eigenvalue weighted by Gasteiger charge is -2.24. The van der Waals surface area contributed by atoms with Gasteiger partial charge in [-0.15, -0.1) is 0 Å². The fraction of sp³-hybridized carbons (Fsp3) is 0.700. The average molecular weight is 283 g/mol. The first-order chi connectivity index (χ1) is 10.4. The van der Waals surface area contributed by atoms with E-state index in [2.05, 4.69) is 29.6 Å². The summed E-state index contributed by atoms with van der Waals surface area (Å²) in [6.07, 6.45) is 12.9. The fourth-order valence-corrected chi connectivity index (χ4v) is 5.24. The molecule has 0 aliphatic heterocycles. The molecule has 4 rings (SSSR count). The maximum absolute atomic E-state index is 3.99. The van der Waals surface area contributed by atoms with E-state index in [1.807, 2.05) is 0 Å². The van der Waals surface area contributed by atoms with Crippen LogP contribution in [0.4, 0.5) is 0 Å². The Hall–Kier alpha value is -0.820. The topological polar surface area (TPSA) is 12.0 Å². The van der Waals surface area contributed by atoms with Crippen molar-refractivity contribution in [3.05, 3.63) is 35.4 Å². The zero-order valence-corrected chi connectivity index (χ0v) is 13.2. The Labute approximate surface area is 129 Å². The van der Waals surface area contributed by atoms with Crippen molar-refractivity contribution in [2.75, 3.05) is 6.54 Å². The Kier molecular flexibility index (Phi) is 4.03. The van der Waals surface area contributed by atoms with Crippen LogP contribution in [-0.2, 0) is 12.8 Å². The Balaban J connectivity index is 1.38. The molecular weight excluding hydrogens is 254 g/mol. The Morgan fingerprint density at radius 3 is 2.10 bits per heavy atom. The van der Waals surface area contributed by atoms with Gasteiger partial charge in [0, 0.05) is 6.04 Å². The third kappa shape index (κ3) is 2.90. The number of fused-ring (bicyclic) bond motifs is 3. The summed E-state index contributed by atoms with van der Waals surface area (Å²) in [5.74, 6) is 2.81. The molecule has 2 atom stereocenters. The summed E-state index contributed by atoms with van der Waals surface area (Å²) in [4.78, 5) is 0. The Morgan fingerprint density at radius 2 is 1.48 bits per heavy atom. The van der Waals surface area contributed by atoms with Crippen LogP contribution in [-0.4, -0.2) is 12.6 Å². The standard InChI is InChI=1S/C20H29N/c1-2-6-15(5-1)11-12-21-20-18-9-10-19(20)14-17-8-4-3-7-16(17)13-18/h3-4,7-8,15,18-21H,1-2,5-6,9-14H2. The van der Waals surface area contributed by atoms with Crippen LogP contribution in [0, 0.1) is 17.8 Å². The molecule has 0 spiro atoms. The second-order valence-electron chi connectivity index (χ2n) is 7.69. The van der Waals surface area contributed by atoms with Crippen LogP contribution in [0.1, 0.15) is 56.1 Å². The molecule has 1 heteroatoms. The molecule has 3 aliphatic carbocycles. The second kappa shape index (κ2) is 6.12. The van der Waals surface area contributed by atoms with E-state index in [4.69, 9.17) is 0 Å². The SMILES string of the molecule is c1ccc2c(c1)CC1CCC(C2)C1NCCC1CCCC1. The summed E-state index contributed by atoms with van der Waals surface area (Å²) in [6, 6.07) is 9.97. The summed E-state index contributed by atoms with van der Waals surface area (Å²) in [7, 11) is 0. The molecule has 1 aromatic carbocycles. The number of benzene rings is 1. The molecule has 1 aromatic rings. The predicted octanol–water partition coefficient (Wildman–Crippen LogP) is 4.35. The highest BCUT2D eigenvalue weighted by Gasteiger charge is 2.38. The van der Waals surface area contributed by atoms with Gasteiger partial charge < -0.3 is 5.32 Å². The highest BCUT2D eigenvalue weighted by molar-refractivity contribution is 5.30. The van der Waals surface area contributed by atoms with Gasteiger partial charge in [-0.25, -0.2) is 0 Å². The summed E-state index contributed by atoms with van der Waals surface area (Å²) in [5.41, 5.74) is 3.26. The minimum atomic E-state index is 0.791. The van der Waals surface area contributed by atoms with E-state index in [1.54, 1.807) is 11.1 Å².